The van der Waals surface area contributed by atoms with Crippen LogP contribution < -0.4 is 15.4 Å². The average molecular weight is 331 g/mol. The van der Waals surface area contributed by atoms with Gasteiger partial charge in [-0.2, -0.15) is 0 Å². The third-order valence-corrected chi connectivity index (χ3v) is 4.80. The number of nitrogens with one attached hydrogen (secondary N) is 2. The first-order valence-corrected chi connectivity index (χ1v) is 7.98. The van der Waals surface area contributed by atoms with Gasteiger partial charge in [-0.25, -0.2) is 4.98 Å². The van der Waals surface area contributed by atoms with Crippen LogP contribution in [0.15, 0.2) is 18.2 Å². The lowest BCUT2D eigenvalue weighted by Gasteiger charge is -2.33. The van der Waals surface area contributed by atoms with Crippen LogP contribution in [0.1, 0.15) is 23.1 Å². The lowest BCUT2D eigenvalue weighted by molar-refractivity contribution is -0.143. The van der Waals surface area contributed by atoms with E-state index in [4.69, 9.17) is 4.74 Å². The normalized spacial score (nSPS) is 19.6. The molecule has 0 aliphatic carbocycles. The number of carbonyl (C=O) groups excluding carboxylic acids is 2. The summed E-state index contributed by atoms with van der Waals surface area (Å²) in [5.74, 6) is -0.576. The fraction of sp³-hybridized carbons (Fsp3) is 0.312. The van der Waals surface area contributed by atoms with Crippen LogP contribution in [-0.4, -0.2) is 22.4 Å². The summed E-state index contributed by atoms with van der Waals surface area (Å²) >= 11 is 1.36. The Morgan fingerprint density at radius 3 is 2.74 bits per heavy atom. The van der Waals surface area contributed by atoms with Gasteiger partial charge in [-0.1, -0.05) is 6.07 Å². The molecule has 0 bridgehead atoms. The molecular formula is C16H17N3O3S. The van der Waals surface area contributed by atoms with E-state index in [0.717, 1.165) is 16.1 Å². The minimum absolute atomic E-state index is 0.456. The van der Waals surface area contributed by atoms with Crippen LogP contribution in [0.25, 0.3) is 0 Å². The molecule has 7 heteroatoms. The highest BCUT2D eigenvalue weighted by Gasteiger charge is 2.47. The Hall–Kier alpha value is -2.41. The van der Waals surface area contributed by atoms with Gasteiger partial charge in [0.05, 0.1) is 11.4 Å². The lowest BCUT2D eigenvalue weighted by atomic mass is 10.0. The van der Waals surface area contributed by atoms with Crippen molar-refractivity contribution < 1.29 is 14.3 Å². The smallest absolute Gasteiger partial charge is 0.280 e. The first-order chi connectivity index (χ1) is 10.8. The van der Waals surface area contributed by atoms with E-state index in [1.807, 2.05) is 26.8 Å². The number of anilines is 2. The van der Waals surface area contributed by atoms with Gasteiger partial charge in [-0.3, -0.25) is 14.9 Å². The highest BCUT2D eigenvalue weighted by Crippen LogP contribution is 2.35. The molecule has 1 aromatic heterocycles. The zero-order valence-corrected chi connectivity index (χ0v) is 14.1. The van der Waals surface area contributed by atoms with Crippen LogP contribution in [0.5, 0.6) is 5.75 Å². The summed E-state index contributed by atoms with van der Waals surface area (Å²) in [5, 5.41) is 5.86. The summed E-state index contributed by atoms with van der Waals surface area (Å²) in [6.45, 7) is 7.16. The van der Waals surface area contributed by atoms with E-state index in [1.54, 1.807) is 12.1 Å². The third kappa shape index (κ3) is 2.68. The van der Waals surface area contributed by atoms with Crippen molar-refractivity contribution in [3.63, 3.8) is 0 Å². The largest absolute Gasteiger partial charge is 0.466 e. The molecule has 2 N–H and O–H groups in total. The number of benzene rings is 1. The number of amides is 2. The third-order valence-electron chi connectivity index (χ3n) is 3.81. The predicted octanol–water partition coefficient (Wildman–Crippen LogP) is 2.80. The van der Waals surface area contributed by atoms with Gasteiger partial charge in [0, 0.05) is 4.88 Å². The highest BCUT2D eigenvalue weighted by atomic mass is 32.1. The second-order valence-electron chi connectivity index (χ2n) is 5.70. The maximum atomic E-state index is 12.6. The lowest BCUT2D eigenvalue weighted by Crippen LogP contribution is -2.56. The van der Waals surface area contributed by atoms with Gasteiger partial charge in [0.25, 0.3) is 17.4 Å². The predicted molar refractivity (Wildman–Crippen MR) is 89.1 cm³/mol. The Labute approximate surface area is 137 Å². The van der Waals surface area contributed by atoms with Crippen LogP contribution in [0, 0.1) is 20.8 Å². The van der Waals surface area contributed by atoms with E-state index >= 15 is 0 Å². The van der Waals surface area contributed by atoms with E-state index in [2.05, 4.69) is 15.6 Å². The monoisotopic (exact) mass is 331 g/mol. The number of nitrogens with zero attached hydrogens (tertiary/aromatic N) is 1. The Bertz CT molecular complexity index is 795. The Morgan fingerprint density at radius 1 is 1.35 bits per heavy atom. The van der Waals surface area contributed by atoms with E-state index in [9.17, 15) is 9.59 Å². The highest BCUT2D eigenvalue weighted by molar-refractivity contribution is 7.15. The Morgan fingerprint density at radius 2 is 2.09 bits per heavy atom. The minimum Gasteiger partial charge on any atom is -0.466 e. The number of ether oxygens (including phenoxy) is 1. The number of rotatable bonds is 2. The fourth-order valence-electron chi connectivity index (χ4n) is 2.23. The van der Waals surface area contributed by atoms with Crippen LogP contribution in [0.3, 0.4) is 0 Å². The van der Waals surface area contributed by atoms with Crippen molar-refractivity contribution in [2.45, 2.75) is 33.3 Å². The molecule has 2 aromatic rings. The second-order valence-corrected chi connectivity index (χ2v) is 6.91. The summed E-state index contributed by atoms with van der Waals surface area (Å²) in [7, 11) is 0. The molecule has 0 fully saturated rings. The molecule has 3 rings (SSSR count). The summed E-state index contributed by atoms with van der Waals surface area (Å²) in [6, 6.07) is 5.41. The number of hydrogen-bond donors (Lipinski definition) is 2. The van der Waals surface area contributed by atoms with E-state index < -0.39 is 17.4 Å². The molecule has 6 nitrogen and oxygen atoms in total. The molecule has 1 atom stereocenters. The van der Waals surface area contributed by atoms with Crippen molar-refractivity contribution in [2.24, 2.45) is 0 Å². The second kappa shape index (κ2) is 5.34. The first-order valence-electron chi connectivity index (χ1n) is 7.16. The molecule has 23 heavy (non-hydrogen) atoms. The number of aryl methyl sites for hydroxylation is 3. The maximum absolute atomic E-state index is 12.6. The van der Waals surface area contributed by atoms with Crippen molar-refractivity contribution in [3.8, 4) is 5.75 Å². The molecule has 0 saturated carbocycles. The molecule has 2 heterocycles. The number of thiazole rings is 1. The van der Waals surface area contributed by atoms with E-state index in [1.165, 1.54) is 18.3 Å². The summed E-state index contributed by atoms with van der Waals surface area (Å²) in [4.78, 5) is 30.2. The number of carbonyl (C=O) groups is 2. The molecule has 120 valence electrons. The minimum atomic E-state index is -1.64. The molecule has 0 radical (unpaired) electrons. The van der Waals surface area contributed by atoms with Crippen LogP contribution in [0.2, 0.25) is 0 Å². The number of hydrogen-bond acceptors (Lipinski definition) is 5. The Kier molecular flexibility index (Phi) is 3.60. The van der Waals surface area contributed by atoms with Crippen molar-refractivity contribution in [3.05, 3.63) is 34.3 Å². The molecule has 2 amide bonds. The van der Waals surface area contributed by atoms with Gasteiger partial charge in [0.15, 0.2) is 5.13 Å². The van der Waals surface area contributed by atoms with Crippen LogP contribution in [-0.2, 0) is 9.59 Å². The fourth-order valence-corrected chi connectivity index (χ4v) is 3.04. The van der Waals surface area contributed by atoms with Gasteiger partial charge < -0.3 is 10.1 Å². The number of aromatic nitrogens is 1. The van der Waals surface area contributed by atoms with Crippen molar-refractivity contribution >= 4 is 34.0 Å². The van der Waals surface area contributed by atoms with Gasteiger partial charge in [-0.05, 0) is 45.4 Å². The first kappa shape index (κ1) is 15.5. The molecule has 0 saturated heterocycles. The summed E-state index contributed by atoms with van der Waals surface area (Å²) < 4.78 is 5.71. The van der Waals surface area contributed by atoms with Gasteiger partial charge in [0.1, 0.15) is 5.75 Å². The molecule has 1 aliphatic heterocycles. The molecular weight excluding hydrogens is 314 g/mol. The quantitative estimate of drug-likeness (QED) is 0.829. The van der Waals surface area contributed by atoms with Gasteiger partial charge >= 0.3 is 0 Å². The van der Waals surface area contributed by atoms with Gasteiger partial charge in [-0.15, -0.1) is 11.3 Å². The molecule has 0 unspecified atom stereocenters. The summed E-state index contributed by atoms with van der Waals surface area (Å²) in [6.07, 6.45) is 0. The summed E-state index contributed by atoms with van der Waals surface area (Å²) in [5.41, 5.74) is 0.774. The standard InChI is InChI=1S/C16H17N3O3S/c1-8-5-6-12-11(7-8)18-13(20)16(4,22-12)14(21)19-15-17-9(2)10(3)23-15/h5-7H,1-4H3,(H,18,20)(H,17,19,21)/t16-/m0/s1. The molecule has 0 spiro atoms. The zero-order chi connectivity index (χ0) is 16.8. The van der Waals surface area contributed by atoms with Crippen LogP contribution in [0.4, 0.5) is 10.8 Å². The van der Waals surface area contributed by atoms with Crippen molar-refractivity contribution in [1.82, 2.24) is 4.98 Å². The number of fused-ring (bicyclic) bond motifs is 1. The van der Waals surface area contributed by atoms with E-state index in [0.29, 0.717) is 16.6 Å². The molecule has 1 aliphatic rings. The van der Waals surface area contributed by atoms with E-state index in [-0.39, 0.29) is 0 Å². The van der Waals surface area contributed by atoms with Crippen LogP contribution >= 0.6 is 11.3 Å². The van der Waals surface area contributed by atoms with Gasteiger partial charge in [0.2, 0.25) is 0 Å². The SMILES string of the molecule is Cc1ccc2c(c1)NC(=O)[C@@](C)(C(=O)Nc1nc(C)c(C)s1)O2. The zero-order valence-electron chi connectivity index (χ0n) is 13.3. The molecule has 1 aromatic carbocycles. The average Bonchev–Trinajstić information content (AvgIpc) is 2.79. The topological polar surface area (TPSA) is 80.3 Å². The maximum Gasteiger partial charge on any atom is 0.280 e. The Balaban J connectivity index is 1.87. The van der Waals surface area contributed by atoms with Crippen molar-refractivity contribution in [1.29, 1.82) is 0 Å². The van der Waals surface area contributed by atoms with Crippen molar-refractivity contribution in [2.75, 3.05) is 10.6 Å².